The third-order valence-corrected chi connectivity index (χ3v) is 3.77. The molecule has 0 radical (unpaired) electrons. The van der Waals surface area contributed by atoms with Crippen molar-refractivity contribution in [2.75, 3.05) is 16.8 Å². The third-order valence-electron chi connectivity index (χ3n) is 3.51. The van der Waals surface area contributed by atoms with Crippen molar-refractivity contribution in [2.45, 2.75) is 13.3 Å². The first kappa shape index (κ1) is 14.6. The molecule has 2 amide bonds. The smallest absolute Gasteiger partial charge is 0.231 e. The number of rotatable bonds is 3. The summed E-state index contributed by atoms with van der Waals surface area (Å²) in [6.45, 7) is 2.08. The van der Waals surface area contributed by atoms with Crippen molar-refractivity contribution in [1.82, 2.24) is 5.16 Å². The zero-order chi connectivity index (χ0) is 15.7. The van der Waals surface area contributed by atoms with Crippen LogP contribution in [0.4, 0.5) is 11.5 Å². The SMILES string of the molecule is Cc1cc(NC(=O)[C@H]2CC(=O)N(c3ccc(Cl)cc3)C2)no1. The van der Waals surface area contributed by atoms with Gasteiger partial charge in [0.05, 0.1) is 5.92 Å². The van der Waals surface area contributed by atoms with Crippen molar-refractivity contribution in [3.05, 3.63) is 41.1 Å². The van der Waals surface area contributed by atoms with Gasteiger partial charge in [0, 0.05) is 29.7 Å². The van der Waals surface area contributed by atoms with Gasteiger partial charge in [0.2, 0.25) is 11.8 Å². The predicted molar refractivity (Wildman–Crippen MR) is 81.8 cm³/mol. The molecule has 2 heterocycles. The van der Waals surface area contributed by atoms with E-state index in [1.807, 2.05) is 0 Å². The van der Waals surface area contributed by atoms with E-state index in [4.69, 9.17) is 16.1 Å². The lowest BCUT2D eigenvalue weighted by atomic mass is 10.1. The molecule has 7 heteroatoms. The third kappa shape index (κ3) is 2.96. The van der Waals surface area contributed by atoms with E-state index >= 15 is 0 Å². The van der Waals surface area contributed by atoms with E-state index < -0.39 is 5.92 Å². The standard InChI is InChI=1S/C15H14ClN3O3/c1-9-6-13(18-22-9)17-15(21)10-7-14(20)19(8-10)12-4-2-11(16)3-5-12/h2-6,10H,7-8H2,1H3,(H,17,18,21)/t10-/m0/s1. The fourth-order valence-electron chi connectivity index (χ4n) is 2.41. The Kier molecular flexibility index (Phi) is 3.85. The molecule has 6 nitrogen and oxygen atoms in total. The molecule has 0 unspecified atom stereocenters. The number of benzene rings is 1. The minimum absolute atomic E-state index is 0.0844. The molecule has 3 rings (SSSR count). The number of hydrogen-bond donors (Lipinski definition) is 1. The zero-order valence-electron chi connectivity index (χ0n) is 11.9. The molecule has 1 saturated heterocycles. The Morgan fingerprint density at radius 1 is 1.41 bits per heavy atom. The van der Waals surface area contributed by atoms with Gasteiger partial charge in [0.25, 0.3) is 0 Å². The van der Waals surface area contributed by atoms with E-state index in [-0.39, 0.29) is 18.2 Å². The van der Waals surface area contributed by atoms with E-state index in [9.17, 15) is 9.59 Å². The van der Waals surface area contributed by atoms with E-state index in [2.05, 4.69) is 10.5 Å². The van der Waals surface area contributed by atoms with Crippen LogP contribution >= 0.6 is 11.6 Å². The van der Waals surface area contributed by atoms with Gasteiger partial charge in [-0.05, 0) is 31.2 Å². The van der Waals surface area contributed by atoms with Crippen LogP contribution in [0.2, 0.25) is 5.02 Å². The topological polar surface area (TPSA) is 75.4 Å². The van der Waals surface area contributed by atoms with Crippen molar-refractivity contribution in [2.24, 2.45) is 5.92 Å². The van der Waals surface area contributed by atoms with Crippen molar-refractivity contribution >= 4 is 34.9 Å². The van der Waals surface area contributed by atoms with Crippen LogP contribution in [-0.2, 0) is 9.59 Å². The second-order valence-corrected chi connectivity index (χ2v) is 5.63. The van der Waals surface area contributed by atoms with Crippen molar-refractivity contribution in [3.8, 4) is 0 Å². The fraction of sp³-hybridized carbons (Fsp3) is 0.267. The number of nitrogens with zero attached hydrogens (tertiary/aromatic N) is 2. The van der Waals surface area contributed by atoms with E-state index in [1.165, 1.54) is 0 Å². The largest absolute Gasteiger partial charge is 0.360 e. The molecule has 1 N–H and O–H groups in total. The maximum atomic E-state index is 12.2. The van der Waals surface area contributed by atoms with Crippen molar-refractivity contribution in [3.63, 3.8) is 0 Å². The molecule has 0 spiro atoms. The number of amides is 2. The molecule has 114 valence electrons. The van der Waals surface area contributed by atoms with Gasteiger partial charge in [-0.25, -0.2) is 0 Å². The van der Waals surface area contributed by atoms with E-state index in [1.54, 1.807) is 42.2 Å². The van der Waals surface area contributed by atoms with Gasteiger partial charge in [0.15, 0.2) is 5.82 Å². The van der Waals surface area contributed by atoms with Crippen LogP contribution in [0.1, 0.15) is 12.2 Å². The number of carbonyl (C=O) groups is 2. The van der Waals surface area contributed by atoms with Crippen molar-refractivity contribution in [1.29, 1.82) is 0 Å². The normalized spacial score (nSPS) is 17.8. The summed E-state index contributed by atoms with van der Waals surface area (Å²) in [5.41, 5.74) is 0.738. The summed E-state index contributed by atoms with van der Waals surface area (Å²) in [5, 5.41) is 6.98. The second-order valence-electron chi connectivity index (χ2n) is 5.19. The number of aromatic nitrogens is 1. The molecule has 1 aromatic carbocycles. The van der Waals surface area contributed by atoms with E-state index in [0.29, 0.717) is 23.1 Å². The highest BCUT2D eigenvalue weighted by atomic mass is 35.5. The Morgan fingerprint density at radius 2 is 2.14 bits per heavy atom. The Morgan fingerprint density at radius 3 is 2.77 bits per heavy atom. The first-order chi connectivity index (χ1) is 10.5. The molecule has 22 heavy (non-hydrogen) atoms. The van der Waals surface area contributed by atoms with E-state index in [0.717, 1.165) is 5.69 Å². The van der Waals surface area contributed by atoms with Crippen molar-refractivity contribution < 1.29 is 14.1 Å². The van der Waals surface area contributed by atoms with Crippen LogP contribution in [0.15, 0.2) is 34.9 Å². The van der Waals surface area contributed by atoms with Crippen LogP contribution in [0.3, 0.4) is 0 Å². The number of anilines is 2. The molecule has 2 aromatic rings. The molecule has 0 aliphatic carbocycles. The maximum Gasteiger partial charge on any atom is 0.231 e. The van der Waals surface area contributed by atoms with Gasteiger partial charge >= 0.3 is 0 Å². The minimum Gasteiger partial charge on any atom is -0.360 e. The summed E-state index contributed by atoms with van der Waals surface area (Å²) in [5.74, 6) is 0.234. The molecule has 1 aliphatic heterocycles. The molecule has 1 fully saturated rings. The molecule has 0 saturated carbocycles. The van der Waals surface area contributed by atoms with Crippen LogP contribution in [0.5, 0.6) is 0 Å². The van der Waals surface area contributed by atoms with Gasteiger partial charge < -0.3 is 14.7 Å². The highest BCUT2D eigenvalue weighted by Gasteiger charge is 2.35. The molecule has 1 atom stereocenters. The Hall–Kier alpha value is -2.34. The molecule has 1 aromatic heterocycles. The lowest BCUT2D eigenvalue weighted by molar-refractivity contribution is -0.122. The first-order valence-corrected chi connectivity index (χ1v) is 7.21. The Bertz CT molecular complexity index is 711. The van der Waals surface area contributed by atoms with Gasteiger partial charge in [0.1, 0.15) is 5.76 Å². The van der Waals surface area contributed by atoms with Gasteiger partial charge in [-0.15, -0.1) is 0 Å². The summed E-state index contributed by atoms with van der Waals surface area (Å²) < 4.78 is 4.90. The summed E-state index contributed by atoms with van der Waals surface area (Å²) in [6.07, 6.45) is 0.172. The van der Waals surface area contributed by atoms with Crippen LogP contribution in [-0.4, -0.2) is 23.5 Å². The summed E-state index contributed by atoms with van der Waals surface area (Å²) in [6, 6.07) is 8.60. The number of halogens is 1. The maximum absolute atomic E-state index is 12.2. The first-order valence-electron chi connectivity index (χ1n) is 6.83. The number of nitrogens with one attached hydrogen (secondary N) is 1. The fourth-order valence-corrected chi connectivity index (χ4v) is 2.53. The van der Waals surface area contributed by atoms with Gasteiger partial charge in [-0.2, -0.15) is 0 Å². The Balaban J connectivity index is 1.68. The predicted octanol–water partition coefficient (Wildman–Crippen LogP) is 2.63. The van der Waals surface area contributed by atoms with Crippen LogP contribution in [0.25, 0.3) is 0 Å². The summed E-state index contributed by atoms with van der Waals surface area (Å²) >= 11 is 5.84. The summed E-state index contributed by atoms with van der Waals surface area (Å²) in [4.78, 5) is 25.9. The molecule has 0 bridgehead atoms. The quantitative estimate of drug-likeness (QED) is 0.943. The Labute approximate surface area is 132 Å². The lowest BCUT2D eigenvalue weighted by Gasteiger charge is -2.16. The monoisotopic (exact) mass is 319 g/mol. The van der Waals surface area contributed by atoms with Gasteiger partial charge in [-0.3, -0.25) is 9.59 Å². The molecular weight excluding hydrogens is 306 g/mol. The highest BCUT2D eigenvalue weighted by Crippen LogP contribution is 2.27. The minimum atomic E-state index is -0.416. The number of hydrogen-bond acceptors (Lipinski definition) is 4. The van der Waals surface area contributed by atoms with Gasteiger partial charge in [-0.1, -0.05) is 16.8 Å². The van der Waals surface area contributed by atoms with Crippen LogP contribution < -0.4 is 10.2 Å². The second kappa shape index (κ2) is 5.81. The highest BCUT2D eigenvalue weighted by molar-refractivity contribution is 6.30. The number of aryl methyl sites for hydroxylation is 1. The lowest BCUT2D eigenvalue weighted by Crippen LogP contribution is -2.28. The molecular formula is C15H14ClN3O3. The number of carbonyl (C=O) groups excluding carboxylic acids is 2. The zero-order valence-corrected chi connectivity index (χ0v) is 12.6. The van der Waals surface area contributed by atoms with Crippen LogP contribution in [0, 0.1) is 12.8 Å². The average molecular weight is 320 g/mol. The summed E-state index contributed by atoms with van der Waals surface area (Å²) in [7, 11) is 0. The average Bonchev–Trinajstić information content (AvgIpc) is 3.06. The molecule has 1 aliphatic rings.